The van der Waals surface area contributed by atoms with Crippen molar-refractivity contribution >= 4 is 16.9 Å². The third kappa shape index (κ3) is 4.14. The summed E-state index contributed by atoms with van der Waals surface area (Å²) in [5.41, 5.74) is 0.702. The fourth-order valence-corrected chi connectivity index (χ4v) is 3.13. The van der Waals surface area contributed by atoms with Crippen molar-refractivity contribution in [2.45, 2.75) is 31.4 Å². The number of nitrogens with one attached hydrogen (secondary N) is 2. The number of hydrogen-bond acceptors (Lipinski definition) is 4. The Morgan fingerprint density at radius 1 is 1.32 bits per heavy atom. The van der Waals surface area contributed by atoms with E-state index in [0.717, 1.165) is 48.7 Å². The summed E-state index contributed by atoms with van der Waals surface area (Å²) in [4.78, 5) is 4.32. The van der Waals surface area contributed by atoms with Crippen LogP contribution in [0.4, 0.5) is 0 Å². The summed E-state index contributed by atoms with van der Waals surface area (Å²) >= 11 is 0. The standard InChI is InChI=1S/C19H27N3O3/c1-14(17-12-15-6-4-5-7-16(15)25-17)22-18(20-2)21-13-19(23-3)8-10-24-11-9-19/h4-7,12,14H,8-11,13H2,1-3H3,(H2,20,21,22). The zero-order valence-electron chi connectivity index (χ0n) is 15.2. The lowest BCUT2D eigenvalue weighted by Crippen LogP contribution is -2.51. The third-order valence-electron chi connectivity index (χ3n) is 4.86. The number of ether oxygens (including phenoxy) is 2. The summed E-state index contributed by atoms with van der Waals surface area (Å²) < 4.78 is 17.1. The van der Waals surface area contributed by atoms with Gasteiger partial charge in [0, 0.05) is 52.1 Å². The Hall–Kier alpha value is -2.05. The fraction of sp³-hybridized carbons (Fsp3) is 0.526. The first-order chi connectivity index (χ1) is 12.2. The number of aliphatic imine (C=N–C) groups is 1. The third-order valence-corrected chi connectivity index (χ3v) is 4.86. The second-order valence-electron chi connectivity index (χ2n) is 6.48. The molecule has 1 aromatic heterocycles. The molecule has 0 amide bonds. The molecule has 1 aliphatic rings. The number of fused-ring (bicyclic) bond motifs is 1. The van der Waals surface area contributed by atoms with Gasteiger partial charge in [-0.2, -0.15) is 0 Å². The molecule has 6 nitrogen and oxygen atoms in total. The molecule has 25 heavy (non-hydrogen) atoms. The molecular weight excluding hydrogens is 318 g/mol. The van der Waals surface area contributed by atoms with Gasteiger partial charge < -0.3 is 24.5 Å². The molecule has 1 fully saturated rings. The van der Waals surface area contributed by atoms with Crippen molar-refractivity contribution in [3.63, 3.8) is 0 Å². The summed E-state index contributed by atoms with van der Waals surface area (Å²) in [6.07, 6.45) is 1.76. The van der Waals surface area contributed by atoms with E-state index in [1.165, 1.54) is 0 Å². The minimum Gasteiger partial charge on any atom is -0.459 e. The second kappa shape index (κ2) is 7.89. The van der Waals surface area contributed by atoms with Gasteiger partial charge in [-0.05, 0) is 19.1 Å². The summed E-state index contributed by atoms with van der Waals surface area (Å²) in [6.45, 7) is 4.22. The number of guanidine groups is 1. The zero-order valence-corrected chi connectivity index (χ0v) is 15.2. The number of nitrogens with zero attached hydrogens (tertiary/aromatic N) is 1. The zero-order chi connectivity index (χ0) is 17.7. The van der Waals surface area contributed by atoms with E-state index in [-0.39, 0.29) is 11.6 Å². The van der Waals surface area contributed by atoms with Gasteiger partial charge in [-0.3, -0.25) is 4.99 Å². The molecule has 136 valence electrons. The molecule has 1 unspecified atom stereocenters. The number of rotatable bonds is 5. The van der Waals surface area contributed by atoms with Crippen LogP contribution < -0.4 is 10.6 Å². The monoisotopic (exact) mass is 345 g/mol. The van der Waals surface area contributed by atoms with Gasteiger partial charge in [-0.25, -0.2) is 0 Å². The number of methoxy groups -OCH3 is 1. The first kappa shape index (κ1) is 17.8. The van der Waals surface area contributed by atoms with Gasteiger partial charge in [0.1, 0.15) is 11.3 Å². The molecule has 0 spiro atoms. The quantitative estimate of drug-likeness (QED) is 0.644. The highest BCUT2D eigenvalue weighted by Crippen LogP contribution is 2.25. The fourth-order valence-electron chi connectivity index (χ4n) is 3.13. The van der Waals surface area contributed by atoms with Crippen molar-refractivity contribution in [2.24, 2.45) is 4.99 Å². The van der Waals surface area contributed by atoms with E-state index < -0.39 is 0 Å². The number of benzene rings is 1. The van der Waals surface area contributed by atoms with Crippen molar-refractivity contribution in [2.75, 3.05) is 33.9 Å². The molecule has 6 heteroatoms. The van der Waals surface area contributed by atoms with Crippen molar-refractivity contribution in [3.05, 3.63) is 36.1 Å². The Kier molecular flexibility index (Phi) is 5.60. The van der Waals surface area contributed by atoms with Crippen molar-refractivity contribution in [3.8, 4) is 0 Å². The maximum absolute atomic E-state index is 5.92. The van der Waals surface area contributed by atoms with Crippen LogP contribution in [0.15, 0.2) is 39.7 Å². The lowest BCUT2D eigenvalue weighted by Gasteiger charge is -2.36. The molecule has 3 rings (SSSR count). The molecule has 2 aromatic rings. The highest BCUT2D eigenvalue weighted by molar-refractivity contribution is 5.81. The molecule has 0 bridgehead atoms. The van der Waals surface area contributed by atoms with Crippen LogP contribution in [0.25, 0.3) is 11.0 Å². The maximum Gasteiger partial charge on any atom is 0.191 e. The van der Waals surface area contributed by atoms with Crippen LogP contribution in [0.5, 0.6) is 0 Å². The molecular formula is C19H27N3O3. The molecule has 0 radical (unpaired) electrons. The van der Waals surface area contributed by atoms with Gasteiger partial charge in [-0.15, -0.1) is 0 Å². The van der Waals surface area contributed by atoms with Gasteiger partial charge in [-0.1, -0.05) is 18.2 Å². The summed E-state index contributed by atoms with van der Waals surface area (Å²) in [7, 11) is 3.53. The van der Waals surface area contributed by atoms with Crippen LogP contribution in [-0.4, -0.2) is 45.5 Å². The average molecular weight is 345 g/mol. The van der Waals surface area contributed by atoms with E-state index in [1.54, 1.807) is 14.2 Å². The van der Waals surface area contributed by atoms with Gasteiger partial charge in [0.2, 0.25) is 0 Å². The minimum absolute atomic E-state index is 0.00628. The van der Waals surface area contributed by atoms with Crippen molar-refractivity contribution in [1.82, 2.24) is 10.6 Å². The predicted octanol–water partition coefficient (Wildman–Crippen LogP) is 2.85. The highest BCUT2D eigenvalue weighted by Gasteiger charge is 2.32. The molecule has 1 aliphatic heterocycles. The number of para-hydroxylation sites is 1. The summed E-state index contributed by atoms with van der Waals surface area (Å²) in [5.74, 6) is 1.62. The Labute approximate surface area is 148 Å². The maximum atomic E-state index is 5.92. The van der Waals surface area contributed by atoms with Crippen molar-refractivity contribution in [1.29, 1.82) is 0 Å². The summed E-state index contributed by atoms with van der Waals surface area (Å²) in [5, 5.41) is 7.87. The number of hydrogen-bond donors (Lipinski definition) is 2. The van der Waals surface area contributed by atoms with Gasteiger partial charge in [0.05, 0.1) is 11.6 Å². The second-order valence-corrected chi connectivity index (χ2v) is 6.48. The average Bonchev–Trinajstić information content (AvgIpc) is 3.10. The Balaban J connectivity index is 1.61. The van der Waals surface area contributed by atoms with Gasteiger partial charge in [0.25, 0.3) is 0 Å². The van der Waals surface area contributed by atoms with E-state index in [1.807, 2.05) is 18.2 Å². The van der Waals surface area contributed by atoms with E-state index in [2.05, 4.69) is 34.7 Å². The van der Waals surface area contributed by atoms with Crippen LogP contribution in [-0.2, 0) is 9.47 Å². The molecule has 1 aromatic carbocycles. The first-order valence-corrected chi connectivity index (χ1v) is 8.74. The van der Waals surface area contributed by atoms with Crippen LogP contribution in [0.3, 0.4) is 0 Å². The molecule has 2 N–H and O–H groups in total. The Morgan fingerprint density at radius 3 is 2.76 bits per heavy atom. The lowest BCUT2D eigenvalue weighted by molar-refractivity contribution is -0.0855. The van der Waals surface area contributed by atoms with Crippen molar-refractivity contribution < 1.29 is 13.9 Å². The van der Waals surface area contributed by atoms with Gasteiger partial charge in [0.15, 0.2) is 5.96 Å². The Bertz CT molecular complexity index is 687. The topological polar surface area (TPSA) is 68.0 Å². The molecule has 2 heterocycles. The lowest BCUT2D eigenvalue weighted by atomic mass is 9.94. The first-order valence-electron chi connectivity index (χ1n) is 8.74. The molecule has 1 atom stereocenters. The van der Waals surface area contributed by atoms with Crippen LogP contribution in [0, 0.1) is 0 Å². The molecule has 0 aliphatic carbocycles. The van der Waals surface area contributed by atoms with E-state index in [9.17, 15) is 0 Å². The molecule has 0 saturated carbocycles. The molecule has 1 saturated heterocycles. The van der Waals surface area contributed by atoms with E-state index in [4.69, 9.17) is 13.9 Å². The Morgan fingerprint density at radius 2 is 2.08 bits per heavy atom. The number of furan rings is 1. The summed E-state index contributed by atoms with van der Waals surface area (Å²) in [6, 6.07) is 10.1. The van der Waals surface area contributed by atoms with E-state index >= 15 is 0 Å². The minimum atomic E-state index is -0.196. The smallest absolute Gasteiger partial charge is 0.191 e. The van der Waals surface area contributed by atoms with Crippen LogP contribution in [0.1, 0.15) is 31.6 Å². The van der Waals surface area contributed by atoms with E-state index in [0.29, 0.717) is 6.54 Å². The highest BCUT2D eigenvalue weighted by atomic mass is 16.5. The van der Waals surface area contributed by atoms with Crippen LogP contribution >= 0.6 is 0 Å². The SMILES string of the molecule is CN=C(NCC1(OC)CCOCC1)NC(C)c1cc2ccccc2o1. The van der Waals surface area contributed by atoms with Gasteiger partial charge >= 0.3 is 0 Å². The largest absolute Gasteiger partial charge is 0.459 e. The van der Waals surface area contributed by atoms with Crippen LogP contribution in [0.2, 0.25) is 0 Å². The predicted molar refractivity (Wildman–Crippen MR) is 98.9 cm³/mol. The normalized spacial score (nSPS) is 18.9.